The largest absolute Gasteiger partial charge is 0.476 e. The van der Waals surface area contributed by atoms with Gasteiger partial charge in [-0.25, -0.2) is 13.9 Å². The monoisotopic (exact) mass is 437 g/mol. The van der Waals surface area contributed by atoms with Gasteiger partial charge in [-0.3, -0.25) is 4.79 Å². The number of hydrogen-bond donors (Lipinski definition) is 2. The number of anilines is 1. The Labute approximate surface area is 160 Å². The van der Waals surface area contributed by atoms with Gasteiger partial charge in [0.2, 0.25) is 0 Å². The lowest BCUT2D eigenvalue weighted by atomic mass is 10.2. The molecule has 3 aromatic rings. The molecule has 2 aromatic carbocycles. The lowest BCUT2D eigenvalue weighted by Gasteiger charge is -2.11. The maximum Gasteiger partial charge on any atom is 0.357 e. The summed E-state index contributed by atoms with van der Waals surface area (Å²) >= 11 is 9.12. The first-order valence-corrected chi connectivity index (χ1v) is 8.40. The maximum absolute atomic E-state index is 14.2. The Morgan fingerprint density at radius 1 is 1.15 bits per heavy atom. The van der Waals surface area contributed by atoms with Crippen molar-refractivity contribution in [1.82, 2.24) is 9.78 Å². The number of carbonyl (C=O) groups is 2. The van der Waals surface area contributed by atoms with Crippen molar-refractivity contribution >= 4 is 45.2 Å². The van der Waals surface area contributed by atoms with Gasteiger partial charge in [0.25, 0.3) is 5.91 Å². The van der Waals surface area contributed by atoms with Gasteiger partial charge in [0.05, 0.1) is 15.1 Å². The fourth-order valence-electron chi connectivity index (χ4n) is 2.26. The van der Waals surface area contributed by atoms with E-state index in [0.29, 0.717) is 0 Å². The first-order valence-electron chi connectivity index (χ1n) is 7.22. The number of rotatable bonds is 4. The number of aromatic nitrogens is 2. The molecule has 2 N–H and O–H groups in total. The molecule has 0 bridgehead atoms. The van der Waals surface area contributed by atoms with Crippen molar-refractivity contribution in [2.45, 2.75) is 0 Å². The van der Waals surface area contributed by atoms with E-state index in [4.69, 9.17) is 11.6 Å². The molecule has 0 radical (unpaired) electrons. The van der Waals surface area contributed by atoms with Crippen molar-refractivity contribution in [2.24, 2.45) is 0 Å². The van der Waals surface area contributed by atoms with Crippen LogP contribution >= 0.6 is 27.5 Å². The lowest BCUT2D eigenvalue weighted by Crippen LogP contribution is -2.16. The number of nitrogens with one attached hydrogen (secondary N) is 1. The molecule has 0 saturated heterocycles. The highest BCUT2D eigenvalue weighted by atomic mass is 79.9. The first kappa shape index (κ1) is 18.1. The number of carboxylic acids is 1. The van der Waals surface area contributed by atoms with E-state index < -0.39 is 17.7 Å². The molecule has 0 unspecified atom stereocenters. The normalized spacial score (nSPS) is 10.6. The van der Waals surface area contributed by atoms with Crippen molar-refractivity contribution in [3.63, 3.8) is 0 Å². The van der Waals surface area contributed by atoms with Crippen molar-refractivity contribution in [3.05, 3.63) is 75.1 Å². The molecule has 1 heterocycles. The Kier molecular flexibility index (Phi) is 5.06. The van der Waals surface area contributed by atoms with E-state index in [1.165, 1.54) is 24.3 Å². The van der Waals surface area contributed by atoms with Gasteiger partial charge in [0.15, 0.2) is 11.5 Å². The zero-order chi connectivity index (χ0) is 18.8. The van der Waals surface area contributed by atoms with Crippen LogP contribution in [0.1, 0.15) is 20.8 Å². The van der Waals surface area contributed by atoms with Crippen molar-refractivity contribution < 1.29 is 19.1 Å². The number of carboxylic acid groups (broad SMARTS) is 1. The van der Waals surface area contributed by atoms with Crippen LogP contribution in [0.15, 0.2) is 53.0 Å². The quantitative estimate of drug-likeness (QED) is 0.633. The zero-order valence-corrected chi connectivity index (χ0v) is 15.3. The molecule has 0 atom stereocenters. The Morgan fingerprint density at radius 3 is 2.46 bits per heavy atom. The summed E-state index contributed by atoms with van der Waals surface area (Å²) in [5.41, 5.74) is -0.211. The van der Waals surface area contributed by atoms with E-state index in [9.17, 15) is 19.1 Å². The molecule has 0 aliphatic rings. The molecule has 0 fully saturated rings. The molecule has 132 valence electrons. The second kappa shape index (κ2) is 7.27. The van der Waals surface area contributed by atoms with Gasteiger partial charge in [0.1, 0.15) is 11.5 Å². The van der Waals surface area contributed by atoms with Gasteiger partial charge in [-0.05, 0) is 40.2 Å². The number of para-hydroxylation sites is 1. The van der Waals surface area contributed by atoms with E-state index in [0.717, 1.165) is 4.68 Å². The number of aromatic carboxylic acids is 1. The maximum atomic E-state index is 14.2. The SMILES string of the molecule is O=C(Nc1c(Br)c(C(=O)O)nn1-c1ccccc1F)c1ccccc1Cl. The number of amides is 1. The van der Waals surface area contributed by atoms with Gasteiger partial charge in [-0.2, -0.15) is 5.10 Å². The standard InChI is InChI=1S/C17H10BrClFN3O3/c18-13-14(17(25)26)22-23(12-8-4-3-7-11(12)20)15(13)21-16(24)9-5-1-2-6-10(9)19/h1-8H,(H,21,24)(H,25,26). The molecular weight excluding hydrogens is 429 g/mol. The predicted octanol–water partition coefficient (Wildman–Crippen LogP) is 4.38. The smallest absolute Gasteiger partial charge is 0.357 e. The summed E-state index contributed by atoms with van der Waals surface area (Å²) in [7, 11) is 0. The molecule has 6 nitrogen and oxygen atoms in total. The van der Waals surface area contributed by atoms with E-state index in [2.05, 4.69) is 26.3 Å². The van der Waals surface area contributed by atoms with Gasteiger partial charge in [-0.1, -0.05) is 35.9 Å². The first-order chi connectivity index (χ1) is 12.4. The lowest BCUT2D eigenvalue weighted by molar-refractivity contribution is 0.0688. The summed E-state index contributed by atoms with van der Waals surface area (Å²) in [6, 6.07) is 12.0. The average molecular weight is 439 g/mol. The van der Waals surface area contributed by atoms with Crippen LogP contribution < -0.4 is 5.32 Å². The Hall–Kier alpha value is -2.71. The number of nitrogens with zero attached hydrogens (tertiary/aromatic N) is 2. The number of halogens is 3. The molecule has 0 spiro atoms. The summed E-state index contributed by atoms with van der Waals surface area (Å²) in [6.07, 6.45) is 0. The van der Waals surface area contributed by atoms with Crippen LogP contribution in [0.5, 0.6) is 0 Å². The molecular formula is C17H10BrClFN3O3. The second-order valence-corrected chi connectivity index (χ2v) is 6.31. The molecule has 26 heavy (non-hydrogen) atoms. The Morgan fingerprint density at radius 2 is 1.81 bits per heavy atom. The number of carbonyl (C=O) groups excluding carboxylic acids is 1. The second-order valence-electron chi connectivity index (χ2n) is 5.11. The third-order valence-corrected chi connectivity index (χ3v) is 4.54. The van der Waals surface area contributed by atoms with Gasteiger partial charge in [0, 0.05) is 0 Å². The molecule has 0 aliphatic carbocycles. The van der Waals surface area contributed by atoms with Crippen molar-refractivity contribution in [3.8, 4) is 5.69 Å². The van der Waals surface area contributed by atoms with Crippen LogP contribution in [0.2, 0.25) is 5.02 Å². The Bertz CT molecular complexity index is 1020. The zero-order valence-electron chi connectivity index (χ0n) is 12.9. The van der Waals surface area contributed by atoms with E-state index in [1.54, 1.807) is 24.3 Å². The van der Waals surface area contributed by atoms with E-state index in [-0.39, 0.29) is 32.3 Å². The highest BCUT2D eigenvalue weighted by molar-refractivity contribution is 9.10. The average Bonchev–Trinajstić information content (AvgIpc) is 2.92. The van der Waals surface area contributed by atoms with Gasteiger partial charge in [-0.15, -0.1) is 0 Å². The summed E-state index contributed by atoms with van der Waals surface area (Å²) in [5.74, 6) is -2.59. The summed E-state index contributed by atoms with van der Waals surface area (Å²) < 4.78 is 15.2. The minimum atomic E-state index is -1.33. The van der Waals surface area contributed by atoms with Crippen LogP contribution in [0.3, 0.4) is 0 Å². The number of benzene rings is 2. The molecule has 0 aliphatic heterocycles. The van der Waals surface area contributed by atoms with Crippen molar-refractivity contribution in [2.75, 3.05) is 5.32 Å². The molecule has 0 saturated carbocycles. The fourth-order valence-corrected chi connectivity index (χ4v) is 3.00. The van der Waals surface area contributed by atoms with Crippen LogP contribution in [0, 0.1) is 5.82 Å². The van der Waals surface area contributed by atoms with Crippen LogP contribution in [0.25, 0.3) is 5.69 Å². The summed E-state index contributed by atoms with van der Waals surface area (Å²) in [4.78, 5) is 23.9. The molecule has 1 amide bonds. The highest BCUT2D eigenvalue weighted by Gasteiger charge is 2.25. The van der Waals surface area contributed by atoms with Crippen LogP contribution in [-0.2, 0) is 0 Å². The van der Waals surface area contributed by atoms with Crippen LogP contribution in [-0.4, -0.2) is 26.8 Å². The van der Waals surface area contributed by atoms with Crippen molar-refractivity contribution in [1.29, 1.82) is 0 Å². The van der Waals surface area contributed by atoms with E-state index in [1.807, 2.05) is 0 Å². The summed E-state index contributed by atoms with van der Waals surface area (Å²) in [5, 5.41) is 15.9. The number of hydrogen-bond acceptors (Lipinski definition) is 3. The third kappa shape index (κ3) is 3.33. The minimum Gasteiger partial charge on any atom is -0.476 e. The minimum absolute atomic E-state index is 0.00802. The van der Waals surface area contributed by atoms with Gasteiger partial charge >= 0.3 is 5.97 Å². The van der Waals surface area contributed by atoms with Gasteiger partial charge < -0.3 is 10.4 Å². The predicted molar refractivity (Wildman–Crippen MR) is 97.6 cm³/mol. The third-order valence-electron chi connectivity index (χ3n) is 3.46. The molecule has 1 aromatic heterocycles. The van der Waals surface area contributed by atoms with Crippen LogP contribution in [0.4, 0.5) is 10.2 Å². The Balaban J connectivity index is 2.11. The summed E-state index contributed by atoms with van der Waals surface area (Å²) in [6.45, 7) is 0. The topological polar surface area (TPSA) is 84.2 Å². The molecule has 3 rings (SSSR count). The van der Waals surface area contributed by atoms with E-state index >= 15 is 0 Å². The fraction of sp³-hybridized carbons (Fsp3) is 0. The molecule has 9 heteroatoms. The highest BCUT2D eigenvalue weighted by Crippen LogP contribution is 2.31.